The van der Waals surface area contributed by atoms with Gasteiger partial charge in [0.15, 0.2) is 0 Å². The van der Waals surface area contributed by atoms with Crippen LogP contribution < -0.4 is 5.73 Å². The van der Waals surface area contributed by atoms with Gasteiger partial charge < -0.3 is 10.6 Å². The van der Waals surface area contributed by atoms with Crippen LogP contribution in [-0.4, -0.2) is 50.1 Å². The zero-order valence-electron chi connectivity index (χ0n) is 13.8. The Morgan fingerprint density at radius 1 is 1.23 bits per heavy atom. The second kappa shape index (κ2) is 7.00. The van der Waals surface area contributed by atoms with Crippen molar-refractivity contribution in [3.63, 3.8) is 0 Å². The van der Waals surface area contributed by atoms with Gasteiger partial charge in [0.2, 0.25) is 0 Å². The number of hydrogen-bond acceptors (Lipinski definition) is 3. The van der Waals surface area contributed by atoms with E-state index in [2.05, 4.69) is 58.0 Å². The highest BCUT2D eigenvalue weighted by Crippen LogP contribution is 2.38. The van der Waals surface area contributed by atoms with E-state index in [9.17, 15) is 0 Å². The highest BCUT2D eigenvalue weighted by Gasteiger charge is 2.30. The van der Waals surface area contributed by atoms with Crippen LogP contribution in [0, 0.1) is 5.92 Å². The number of rotatable bonds is 3. The van der Waals surface area contributed by atoms with Crippen LogP contribution in [0.1, 0.15) is 42.3 Å². The molecule has 3 nitrogen and oxygen atoms in total. The molecule has 2 heterocycles. The number of nitrogens with two attached hydrogens (primary N) is 1. The minimum absolute atomic E-state index is 0.524. The molecule has 0 bridgehead atoms. The average molecular weight is 366 g/mol. The van der Waals surface area contributed by atoms with E-state index < -0.39 is 0 Å². The maximum Gasteiger partial charge on any atom is 0.0349 e. The van der Waals surface area contributed by atoms with Crippen molar-refractivity contribution < 1.29 is 0 Å². The highest BCUT2D eigenvalue weighted by molar-refractivity contribution is 9.10. The molecule has 22 heavy (non-hydrogen) atoms. The maximum absolute atomic E-state index is 5.86. The molecule has 0 aromatic heterocycles. The van der Waals surface area contributed by atoms with Crippen LogP contribution in [0.25, 0.3) is 0 Å². The normalized spacial score (nSPS) is 28.4. The lowest BCUT2D eigenvalue weighted by Gasteiger charge is -2.30. The lowest BCUT2D eigenvalue weighted by molar-refractivity contribution is 0.255. The summed E-state index contributed by atoms with van der Waals surface area (Å²) < 4.78 is 1.30. The fraction of sp³-hybridized carbons (Fsp3) is 0.667. The van der Waals surface area contributed by atoms with E-state index in [1.807, 2.05) is 0 Å². The first-order valence-corrected chi connectivity index (χ1v) is 9.26. The number of hydrogen-bond donors (Lipinski definition) is 1. The summed E-state index contributed by atoms with van der Waals surface area (Å²) in [5.74, 6) is 1.35. The van der Waals surface area contributed by atoms with Gasteiger partial charge in [-0.3, -0.25) is 4.90 Å². The molecule has 2 aliphatic rings. The number of halogens is 1. The topological polar surface area (TPSA) is 32.5 Å². The third kappa shape index (κ3) is 3.40. The van der Waals surface area contributed by atoms with Gasteiger partial charge in [-0.2, -0.15) is 0 Å². The lowest BCUT2D eigenvalue weighted by Crippen LogP contribution is -2.29. The van der Waals surface area contributed by atoms with E-state index in [1.54, 1.807) is 0 Å². The first-order chi connectivity index (χ1) is 10.6. The molecule has 2 saturated heterocycles. The Morgan fingerprint density at radius 3 is 2.55 bits per heavy atom. The van der Waals surface area contributed by atoms with Crippen molar-refractivity contribution >= 4 is 15.9 Å². The first kappa shape index (κ1) is 16.4. The molecule has 2 unspecified atom stereocenters. The Morgan fingerprint density at radius 2 is 1.95 bits per heavy atom. The molecule has 1 aromatic carbocycles. The smallest absolute Gasteiger partial charge is 0.0349 e. The maximum atomic E-state index is 5.86. The average Bonchev–Trinajstić information content (AvgIpc) is 2.89. The van der Waals surface area contributed by atoms with Gasteiger partial charge in [0, 0.05) is 17.1 Å². The summed E-state index contributed by atoms with van der Waals surface area (Å²) in [4.78, 5) is 4.88. The zero-order valence-corrected chi connectivity index (χ0v) is 15.3. The molecule has 3 rings (SSSR count). The largest absolute Gasteiger partial charge is 0.330 e. The third-order valence-corrected chi connectivity index (χ3v) is 6.22. The Hall–Kier alpha value is -0.420. The standard InChI is InChI=1S/C18H28BrN3/c1-21-7-5-14(6-8-21)16-4-3-15(10-17(16)19)18-9-13(11-20)12-22(18)2/h3-4,10,13-14,18H,5-9,11-12,20H2,1-2H3. The SMILES string of the molecule is CN1CCC(c2ccc(C3CC(CN)CN3C)cc2Br)CC1. The van der Waals surface area contributed by atoms with E-state index in [0.29, 0.717) is 17.9 Å². The van der Waals surface area contributed by atoms with Crippen LogP contribution >= 0.6 is 15.9 Å². The van der Waals surface area contributed by atoms with Crippen LogP contribution in [0.4, 0.5) is 0 Å². The monoisotopic (exact) mass is 365 g/mol. The zero-order chi connectivity index (χ0) is 15.7. The molecule has 0 radical (unpaired) electrons. The van der Waals surface area contributed by atoms with E-state index in [-0.39, 0.29) is 0 Å². The summed E-state index contributed by atoms with van der Waals surface area (Å²) in [5, 5.41) is 0. The van der Waals surface area contributed by atoms with E-state index in [4.69, 9.17) is 5.73 Å². The third-order valence-electron chi connectivity index (χ3n) is 5.54. The Kier molecular flexibility index (Phi) is 5.23. The van der Waals surface area contributed by atoms with Gasteiger partial charge in [-0.25, -0.2) is 0 Å². The highest BCUT2D eigenvalue weighted by atomic mass is 79.9. The fourth-order valence-corrected chi connectivity index (χ4v) is 4.79. The number of likely N-dealkylation sites (tertiary alicyclic amines) is 2. The molecule has 4 heteroatoms. The molecule has 2 fully saturated rings. The van der Waals surface area contributed by atoms with Gasteiger partial charge in [0.05, 0.1) is 0 Å². The van der Waals surface area contributed by atoms with Crippen molar-refractivity contribution in [1.29, 1.82) is 0 Å². The van der Waals surface area contributed by atoms with Crippen molar-refractivity contribution in [2.45, 2.75) is 31.2 Å². The molecule has 2 N–H and O–H groups in total. The number of nitrogens with zero attached hydrogens (tertiary/aromatic N) is 2. The molecule has 122 valence electrons. The van der Waals surface area contributed by atoms with Gasteiger partial charge in [0.1, 0.15) is 0 Å². The van der Waals surface area contributed by atoms with Gasteiger partial charge in [-0.05, 0) is 82.0 Å². The molecule has 0 aliphatic carbocycles. The van der Waals surface area contributed by atoms with Crippen molar-refractivity contribution in [2.24, 2.45) is 11.7 Å². The van der Waals surface area contributed by atoms with Gasteiger partial charge >= 0.3 is 0 Å². The Bertz CT molecular complexity index is 511. The van der Waals surface area contributed by atoms with Crippen molar-refractivity contribution in [3.8, 4) is 0 Å². The van der Waals surface area contributed by atoms with Crippen LogP contribution in [0.2, 0.25) is 0 Å². The predicted molar refractivity (Wildman–Crippen MR) is 96.1 cm³/mol. The van der Waals surface area contributed by atoms with Crippen LogP contribution in [0.15, 0.2) is 22.7 Å². The number of benzene rings is 1. The summed E-state index contributed by atoms with van der Waals surface area (Å²) in [5.41, 5.74) is 8.78. The van der Waals surface area contributed by atoms with Crippen molar-refractivity contribution in [1.82, 2.24) is 9.80 Å². The molecular weight excluding hydrogens is 338 g/mol. The predicted octanol–water partition coefficient (Wildman–Crippen LogP) is 3.21. The summed E-state index contributed by atoms with van der Waals surface area (Å²) in [6, 6.07) is 7.59. The molecular formula is C18H28BrN3. The molecule has 0 saturated carbocycles. The second-order valence-corrected chi connectivity index (χ2v) is 8.01. The van der Waals surface area contributed by atoms with Gasteiger partial charge in [-0.15, -0.1) is 0 Å². The molecule has 2 aliphatic heterocycles. The summed E-state index contributed by atoms with van der Waals surface area (Å²) in [6.07, 6.45) is 3.73. The van der Waals surface area contributed by atoms with Crippen LogP contribution in [0.3, 0.4) is 0 Å². The van der Waals surface area contributed by atoms with Gasteiger partial charge in [0.25, 0.3) is 0 Å². The molecule has 0 amide bonds. The summed E-state index contributed by atoms with van der Waals surface area (Å²) >= 11 is 3.84. The Balaban J connectivity index is 1.75. The number of piperidine rings is 1. The van der Waals surface area contributed by atoms with Crippen molar-refractivity contribution in [3.05, 3.63) is 33.8 Å². The van der Waals surface area contributed by atoms with Crippen molar-refractivity contribution in [2.75, 3.05) is 40.3 Å². The first-order valence-electron chi connectivity index (χ1n) is 8.46. The lowest BCUT2D eigenvalue weighted by atomic mass is 9.88. The van der Waals surface area contributed by atoms with Crippen LogP contribution in [0.5, 0.6) is 0 Å². The molecule has 1 aromatic rings. The Labute approximate surface area is 143 Å². The van der Waals surface area contributed by atoms with Crippen LogP contribution in [-0.2, 0) is 0 Å². The quantitative estimate of drug-likeness (QED) is 0.892. The van der Waals surface area contributed by atoms with E-state index in [1.165, 1.54) is 48.0 Å². The van der Waals surface area contributed by atoms with E-state index in [0.717, 1.165) is 13.1 Å². The fourth-order valence-electron chi connectivity index (χ4n) is 4.07. The second-order valence-electron chi connectivity index (χ2n) is 7.15. The molecule has 0 spiro atoms. The summed E-state index contributed by atoms with van der Waals surface area (Å²) in [7, 11) is 4.44. The van der Waals surface area contributed by atoms with E-state index >= 15 is 0 Å². The summed E-state index contributed by atoms with van der Waals surface area (Å²) in [6.45, 7) is 4.34. The minimum Gasteiger partial charge on any atom is -0.330 e. The molecule has 2 atom stereocenters. The minimum atomic E-state index is 0.524. The van der Waals surface area contributed by atoms with Gasteiger partial charge in [-0.1, -0.05) is 28.1 Å².